The number of rotatable bonds is 8. The third-order valence-corrected chi connectivity index (χ3v) is 7.94. The molecule has 1 aliphatic carbocycles. The van der Waals surface area contributed by atoms with Gasteiger partial charge in [-0.15, -0.1) is 11.3 Å². The molecule has 0 bridgehead atoms. The first kappa shape index (κ1) is 23.5. The molecular formula is C27H28N2O2S2. The zero-order valence-electron chi connectivity index (χ0n) is 19.0. The molecular weight excluding hydrogens is 448 g/mol. The molecule has 0 saturated heterocycles. The van der Waals surface area contributed by atoms with Crippen molar-refractivity contribution in [3.05, 3.63) is 94.0 Å². The monoisotopic (exact) mass is 476 g/mol. The average Bonchev–Trinajstić information content (AvgIpc) is 3.26. The lowest BCUT2D eigenvalue weighted by Gasteiger charge is -2.22. The summed E-state index contributed by atoms with van der Waals surface area (Å²) < 4.78 is 4.74. The van der Waals surface area contributed by atoms with Crippen LogP contribution in [0.2, 0.25) is 0 Å². The van der Waals surface area contributed by atoms with Crippen LogP contribution < -0.4 is 4.72 Å². The molecule has 1 heterocycles. The Morgan fingerprint density at radius 2 is 2.06 bits per heavy atom. The molecule has 0 spiro atoms. The second-order valence-corrected chi connectivity index (χ2v) is 10.3. The highest BCUT2D eigenvalue weighted by Gasteiger charge is 2.20. The van der Waals surface area contributed by atoms with E-state index in [1.807, 2.05) is 24.3 Å². The van der Waals surface area contributed by atoms with E-state index in [4.69, 9.17) is 4.98 Å². The molecule has 4 rings (SSSR count). The smallest absolute Gasteiger partial charge is 0.335 e. The standard InChI is InChI=1S/C27H28N2O2S2/c1-4-17(2)22-14-19(13-12-18(22)3)15-24(26-28-23-10-5-6-11-25(23)32-26)29-33-21-9-7-8-20(16-21)27(30)31/h5-14,16,18,24,29H,4,15H2,1-3H3,(H,30,31)/b22-17-. The maximum atomic E-state index is 11.4. The lowest BCUT2D eigenvalue weighted by molar-refractivity contribution is 0.0696. The molecule has 0 radical (unpaired) electrons. The number of nitrogens with zero attached hydrogens (tertiary/aromatic N) is 1. The summed E-state index contributed by atoms with van der Waals surface area (Å²) in [7, 11) is 0. The molecule has 2 atom stereocenters. The number of carboxylic acid groups (broad SMARTS) is 1. The van der Waals surface area contributed by atoms with Gasteiger partial charge in [-0.3, -0.25) is 0 Å². The van der Waals surface area contributed by atoms with Crippen LogP contribution in [0.5, 0.6) is 0 Å². The Hall–Kier alpha value is -2.67. The van der Waals surface area contributed by atoms with Crippen LogP contribution in [0.25, 0.3) is 10.2 Å². The van der Waals surface area contributed by atoms with Crippen molar-refractivity contribution < 1.29 is 9.90 Å². The second-order valence-electron chi connectivity index (χ2n) is 8.29. The minimum Gasteiger partial charge on any atom is -0.478 e. The van der Waals surface area contributed by atoms with Crippen molar-refractivity contribution in [1.82, 2.24) is 9.71 Å². The minimum absolute atomic E-state index is 0.00614. The third-order valence-electron chi connectivity index (χ3n) is 5.90. The molecule has 6 heteroatoms. The van der Waals surface area contributed by atoms with E-state index < -0.39 is 5.97 Å². The van der Waals surface area contributed by atoms with Gasteiger partial charge in [0.25, 0.3) is 0 Å². The predicted octanol–water partition coefficient (Wildman–Crippen LogP) is 7.58. The molecule has 4 nitrogen and oxygen atoms in total. The van der Waals surface area contributed by atoms with Gasteiger partial charge in [0.05, 0.1) is 21.8 Å². The molecule has 1 aliphatic rings. The van der Waals surface area contributed by atoms with Gasteiger partial charge in [-0.05, 0) is 79.1 Å². The summed E-state index contributed by atoms with van der Waals surface area (Å²) in [4.78, 5) is 17.1. The fraction of sp³-hybridized carbons (Fsp3) is 0.259. The minimum atomic E-state index is -0.919. The van der Waals surface area contributed by atoms with Crippen molar-refractivity contribution in [1.29, 1.82) is 0 Å². The Morgan fingerprint density at radius 3 is 2.82 bits per heavy atom. The zero-order chi connectivity index (χ0) is 23.4. The highest BCUT2D eigenvalue weighted by molar-refractivity contribution is 7.97. The number of carbonyl (C=O) groups is 1. The van der Waals surface area contributed by atoms with Crippen molar-refractivity contribution >= 4 is 39.5 Å². The molecule has 33 heavy (non-hydrogen) atoms. The lowest BCUT2D eigenvalue weighted by Crippen LogP contribution is -2.16. The van der Waals surface area contributed by atoms with Crippen LogP contribution >= 0.6 is 23.3 Å². The number of allylic oxidation sites excluding steroid dienone is 5. The lowest BCUT2D eigenvalue weighted by atomic mass is 9.87. The summed E-state index contributed by atoms with van der Waals surface area (Å²) in [5, 5.41) is 10.3. The van der Waals surface area contributed by atoms with Crippen LogP contribution in [0.3, 0.4) is 0 Å². The summed E-state index contributed by atoms with van der Waals surface area (Å²) in [5.41, 5.74) is 5.39. The van der Waals surface area contributed by atoms with Crippen LogP contribution in [-0.4, -0.2) is 16.1 Å². The van der Waals surface area contributed by atoms with Crippen molar-refractivity contribution in [3.63, 3.8) is 0 Å². The number of nitrogens with one attached hydrogen (secondary N) is 1. The van der Waals surface area contributed by atoms with E-state index in [-0.39, 0.29) is 11.6 Å². The van der Waals surface area contributed by atoms with E-state index >= 15 is 0 Å². The highest BCUT2D eigenvalue weighted by Crippen LogP contribution is 2.35. The van der Waals surface area contributed by atoms with Gasteiger partial charge in [-0.2, -0.15) is 0 Å². The first-order valence-electron chi connectivity index (χ1n) is 11.1. The van der Waals surface area contributed by atoms with Crippen LogP contribution in [0.1, 0.15) is 55.0 Å². The molecule has 2 aromatic carbocycles. The van der Waals surface area contributed by atoms with Crippen LogP contribution in [0.4, 0.5) is 0 Å². The van der Waals surface area contributed by atoms with Crippen molar-refractivity contribution in [2.45, 2.75) is 44.6 Å². The first-order chi connectivity index (χ1) is 15.9. The molecule has 0 amide bonds. The molecule has 0 fully saturated rings. The van der Waals surface area contributed by atoms with Crippen LogP contribution in [0, 0.1) is 5.92 Å². The second kappa shape index (κ2) is 10.5. The number of hydrogen-bond acceptors (Lipinski definition) is 5. The number of hydrogen-bond donors (Lipinski definition) is 2. The largest absolute Gasteiger partial charge is 0.478 e. The van der Waals surface area contributed by atoms with Gasteiger partial charge in [-0.1, -0.05) is 55.8 Å². The SMILES string of the molecule is CC/C(C)=C1/C=C(CC(NSc2cccc(C(=O)O)c2)c2nc3ccccc3s2)C=CC1C. The highest BCUT2D eigenvalue weighted by atomic mass is 32.2. The molecule has 3 aromatic rings. The number of aromatic carboxylic acids is 1. The van der Waals surface area contributed by atoms with E-state index in [2.05, 4.69) is 49.8 Å². The molecule has 1 aromatic heterocycles. The number of carboxylic acids is 1. The topological polar surface area (TPSA) is 62.2 Å². The fourth-order valence-corrected chi connectivity index (χ4v) is 5.78. The number of fused-ring (bicyclic) bond motifs is 1. The Morgan fingerprint density at radius 1 is 1.24 bits per heavy atom. The quantitative estimate of drug-likeness (QED) is 0.328. The van der Waals surface area contributed by atoms with Gasteiger partial charge in [-0.25, -0.2) is 14.5 Å². The average molecular weight is 477 g/mol. The molecule has 0 saturated carbocycles. The fourth-order valence-electron chi connectivity index (χ4n) is 3.88. The van der Waals surface area contributed by atoms with Crippen LogP contribution in [-0.2, 0) is 0 Å². The zero-order valence-corrected chi connectivity index (χ0v) is 20.7. The van der Waals surface area contributed by atoms with Gasteiger partial charge in [0, 0.05) is 4.90 Å². The van der Waals surface area contributed by atoms with Gasteiger partial charge in [0.15, 0.2) is 0 Å². The summed E-state index contributed by atoms with van der Waals surface area (Å²) in [5.74, 6) is -0.493. The van der Waals surface area contributed by atoms with E-state index in [0.717, 1.165) is 28.3 Å². The predicted molar refractivity (Wildman–Crippen MR) is 139 cm³/mol. The maximum Gasteiger partial charge on any atom is 0.335 e. The molecule has 2 unspecified atom stereocenters. The number of para-hydroxylation sites is 1. The van der Waals surface area contributed by atoms with Gasteiger partial charge in [0.1, 0.15) is 5.01 Å². The third kappa shape index (κ3) is 5.64. The summed E-state index contributed by atoms with van der Waals surface area (Å²) in [6.45, 7) is 6.66. The Kier molecular flexibility index (Phi) is 7.48. The van der Waals surface area contributed by atoms with E-state index in [0.29, 0.717) is 5.92 Å². The van der Waals surface area contributed by atoms with Crippen LogP contribution in [0.15, 0.2) is 88.4 Å². The van der Waals surface area contributed by atoms with E-state index in [1.54, 1.807) is 29.5 Å². The number of aromatic nitrogens is 1. The van der Waals surface area contributed by atoms with Gasteiger partial charge >= 0.3 is 5.97 Å². The molecule has 0 aliphatic heterocycles. The van der Waals surface area contributed by atoms with E-state index in [1.165, 1.54) is 33.4 Å². The molecule has 170 valence electrons. The Labute approximate surface area is 203 Å². The van der Waals surface area contributed by atoms with Gasteiger partial charge in [0.2, 0.25) is 0 Å². The number of benzene rings is 2. The number of thiazole rings is 1. The first-order valence-corrected chi connectivity index (χ1v) is 12.8. The summed E-state index contributed by atoms with van der Waals surface area (Å²) >= 11 is 3.16. The summed E-state index contributed by atoms with van der Waals surface area (Å²) in [6, 6.07) is 15.2. The Balaban J connectivity index is 1.62. The normalized spacial score (nSPS) is 18.3. The maximum absolute atomic E-state index is 11.4. The summed E-state index contributed by atoms with van der Waals surface area (Å²) in [6.07, 6.45) is 8.69. The Bertz CT molecular complexity index is 1220. The van der Waals surface area contributed by atoms with Crippen molar-refractivity contribution in [3.8, 4) is 0 Å². The molecule has 2 N–H and O–H groups in total. The van der Waals surface area contributed by atoms with Crippen molar-refractivity contribution in [2.75, 3.05) is 0 Å². The van der Waals surface area contributed by atoms with Crippen molar-refractivity contribution in [2.24, 2.45) is 5.92 Å². The van der Waals surface area contributed by atoms with Gasteiger partial charge < -0.3 is 5.11 Å². The van der Waals surface area contributed by atoms with E-state index in [9.17, 15) is 9.90 Å².